The lowest BCUT2D eigenvalue weighted by molar-refractivity contribution is -0.143. The van der Waals surface area contributed by atoms with E-state index in [4.69, 9.17) is 9.84 Å². The molecule has 0 saturated carbocycles. The first-order valence-electron chi connectivity index (χ1n) is 6.20. The number of aryl methyl sites for hydroxylation is 1. The Hall–Kier alpha value is -2.04. The van der Waals surface area contributed by atoms with Crippen LogP contribution in [0.2, 0.25) is 0 Å². The van der Waals surface area contributed by atoms with Gasteiger partial charge in [-0.3, -0.25) is 9.59 Å². The van der Waals surface area contributed by atoms with Crippen LogP contribution < -0.4 is 4.74 Å². The average Bonchev–Trinajstić information content (AvgIpc) is 2.37. The summed E-state index contributed by atoms with van der Waals surface area (Å²) in [6, 6.07) is 7.56. The summed E-state index contributed by atoms with van der Waals surface area (Å²) in [5, 5.41) is 8.59. The second-order valence-electron chi connectivity index (χ2n) is 4.22. The normalized spacial score (nSPS) is 10.0. The number of benzene rings is 1. The first-order valence-corrected chi connectivity index (χ1v) is 6.20. The third-order valence-corrected chi connectivity index (χ3v) is 2.66. The van der Waals surface area contributed by atoms with Crippen molar-refractivity contribution in [2.24, 2.45) is 0 Å². The van der Waals surface area contributed by atoms with E-state index in [0.717, 1.165) is 11.3 Å². The van der Waals surface area contributed by atoms with Gasteiger partial charge >= 0.3 is 5.97 Å². The zero-order valence-corrected chi connectivity index (χ0v) is 11.3. The molecule has 0 aliphatic carbocycles. The summed E-state index contributed by atoms with van der Waals surface area (Å²) < 4.78 is 5.33. The Kier molecular flexibility index (Phi) is 5.85. The second kappa shape index (κ2) is 7.41. The van der Waals surface area contributed by atoms with Crippen molar-refractivity contribution in [1.82, 2.24) is 4.90 Å². The van der Waals surface area contributed by atoms with Gasteiger partial charge in [0.15, 0.2) is 0 Å². The molecule has 1 aromatic carbocycles. The molecule has 1 N–H and O–H groups in total. The van der Waals surface area contributed by atoms with Crippen molar-refractivity contribution in [2.45, 2.75) is 19.8 Å². The van der Waals surface area contributed by atoms with Gasteiger partial charge in [0.1, 0.15) is 12.3 Å². The van der Waals surface area contributed by atoms with Crippen molar-refractivity contribution < 1.29 is 19.4 Å². The molecule has 1 aromatic rings. The van der Waals surface area contributed by atoms with Crippen LogP contribution in [-0.2, 0) is 16.0 Å². The fourth-order valence-corrected chi connectivity index (χ4v) is 1.65. The van der Waals surface area contributed by atoms with Crippen LogP contribution in [0.1, 0.15) is 18.9 Å². The van der Waals surface area contributed by atoms with Gasteiger partial charge in [0.05, 0.1) is 6.61 Å². The molecule has 0 unspecified atom stereocenters. The molecule has 0 aliphatic heterocycles. The van der Waals surface area contributed by atoms with Crippen LogP contribution in [-0.4, -0.2) is 42.1 Å². The maximum atomic E-state index is 11.7. The Bertz CT molecular complexity index is 428. The van der Waals surface area contributed by atoms with Gasteiger partial charge in [-0.2, -0.15) is 0 Å². The van der Waals surface area contributed by atoms with Gasteiger partial charge < -0.3 is 14.7 Å². The van der Waals surface area contributed by atoms with Crippen molar-refractivity contribution in [2.75, 3.05) is 20.2 Å². The van der Waals surface area contributed by atoms with Crippen molar-refractivity contribution >= 4 is 11.9 Å². The van der Waals surface area contributed by atoms with E-state index in [-0.39, 0.29) is 12.5 Å². The summed E-state index contributed by atoms with van der Waals surface area (Å²) in [4.78, 5) is 23.4. The largest absolute Gasteiger partial charge is 0.494 e. The van der Waals surface area contributed by atoms with E-state index in [1.165, 1.54) is 11.9 Å². The molecular formula is C14H19NO4. The Morgan fingerprint density at radius 3 is 2.42 bits per heavy atom. The minimum Gasteiger partial charge on any atom is -0.494 e. The second-order valence-corrected chi connectivity index (χ2v) is 4.22. The first-order chi connectivity index (χ1) is 9.02. The van der Waals surface area contributed by atoms with Gasteiger partial charge in [-0.05, 0) is 31.0 Å². The number of hydrogen-bond donors (Lipinski definition) is 1. The predicted octanol–water partition coefficient (Wildman–Crippen LogP) is 1.56. The number of carboxylic acid groups (broad SMARTS) is 1. The number of carbonyl (C=O) groups is 2. The molecule has 0 radical (unpaired) electrons. The van der Waals surface area contributed by atoms with Gasteiger partial charge in [0, 0.05) is 13.5 Å². The van der Waals surface area contributed by atoms with Gasteiger partial charge in [0.25, 0.3) is 0 Å². The van der Waals surface area contributed by atoms with E-state index in [9.17, 15) is 9.59 Å². The average molecular weight is 265 g/mol. The third kappa shape index (κ3) is 5.42. The molecule has 5 heteroatoms. The minimum atomic E-state index is -1.00. The number of carbonyl (C=O) groups excluding carboxylic acids is 1. The molecule has 104 valence electrons. The van der Waals surface area contributed by atoms with Crippen LogP contribution in [0.4, 0.5) is 0 Å². The number of carboxylic acids is 1. The van der Waals surface area contributed by atoms with E-state index in [1.807, 2.05) is 31.2 Å². The fraction of sp³-hybridized carbons (Fsp3) is 0.429. The summed E-state index contributed by atoms with van der Waals surface area (Å²) in [7, 11) is 1.49. The quantitative estimate of drug-likeness (QED) is 0.812. The zero-order valence-electron chi connectivity index (χ0n) is 11.3. The molecule has 1 amide bonds. The highest BCUT2D eigenvalue weighted by atomic mass is 16.5. The van der Waals surface area contributed by atoms with E-state index < -0.39 is 5.97 Å². The van der Waals surface area contributed by atoms with E-state index >= 15 is 0 Å². The Labute approximate surface area is 112 Å². The minimum absolute atomic E-state index is 0.170. The number of rotatable bonds is 7. The zero-order chi connectivity index (χ0) is 14.3. The molecule has 0 aliphatic rings. The SMILES string of the molecule is CCOc1ccc(CCC(=O)N(C)CC(=O)O)cc1. The van der Waals surface area contributed by atoms with Crippen LogP contribution >= 0.6 is 0 Å². The first kappa shape index (κ1) is 15.0. The maximum absolute atomic E-state index is 11.7. The smallest absolute Gasteiger partial charge is 0.323 e. The molecule has 0 heterocycles. The summed E-state index contributed by atoms with van der Waals surface area (Å²) in [6.07, 6.45) is 0.896. The molecular weight excluding hydrogens is 246 g/mol. The van der Waals surface area contributed by atoms with Gasteiger partial charge in [-0.1, -0.05) is 12.1 Å². The lowest BCUT2D eigenvalue weighted by Gasteiger charge is -2.14. The molecule has 0 bridgehead atoms. The number of likely N-dealkylation sites (N-methyl/N-ethyl adjacent to an activating group) is 1. The van der Waals surface area contributed by atoms with Crippen LogP contribution in [0.3, 0.4) is 0 Å². The van der Waals surface area contributed by atoms with E-state index in [0.29, 0.717) is 19.4 Å². The molecule has 1 rings (SSSR count). The molecule has 0 aromatic heterocycles. The number of aliphatic carboxylic acids is 1. The lowest BCUT2D eigenvalue weighted by Crippen LogP contribution is -2.32. The predicted molar refractivity (Wildman–Crippen MR) is 71.2 cm³/mol. The highest BCUT2D eigenvalue weighted by Gasteiger charge is 2.11. The Balaban J connectivity index is 2.43. The molecule has 5 nitrogen and oxygen atoms in total. The highest BCUT2D eigenvalue weighted by molar-refractivity contribution is 5.81. The van der Waals surface area contributed by atoms with Gasteiger partial charge in [-0.25, -0.2) is 0 Å². The monoisotopic (exact) mass is 265 g/mol. The van der Waals surface area contributed by atoms with Gasteiger partial charge in [0.2, 0.25) is 5.91 Å². The Morgan fingerprint density at radius 1 is 1.26 bits per heavy atom. The lowest BCUT2D eigenvalue weighted by atomic mass is 10.1. The highest BCUT2D eigenvalue weighted by Crippen LogP contribution is 2.13. The standard InChI is InChI=1S/C14H19NO4/c1-3-19-12-7-4-11(5-8-12)6-9-13(16)15(2)10-14(17)18/h4-5,7-8H,3,6,9-10H2,1-2H3,(H,17,18). The summed E-state index contributed by atoms with van der Waals surface area (Å²) in [5.41, 5.74) is 1.03. The van der Waals surface area contributed by atoms with E-state index in [2.05, 4.69) is 0 Å². The van der Waals surface area contributed by atoms with Crippen molar-refractivity contribution in [3.8, 4) is 5.75 Å². The van der Waals surface area contributed by atoms with Gasteiger partial charge in [-0.15, -0.1) is 0 Å². The fourth-order valence-electron chi connectivity index (χ4n) is 1.65. The van der Waals surface area contributed by atoms with Crippen molar-refractivity contribution in [3.05, 3.63) is 29.8 Å². The summed E-state index contributed by atoms with van der Waals surface area (Å²) in [6.45, 7) is 2.28. The van der Waals surface area contributed by atoms with Crippen LogP contribution in [0.5, 0.6) is 5.75 Å². The van der Waals surface area contributed by atoms with Crippen molar-refractivity contribution in [1.29, 1.82) is 0 Å². The van der Waals surface area contributed by atoms with Crippen LogP contribution in [0.25, 0.3) is 0 Å². The number of nitrogens with zero attached hydrogens (tertiary/aromatic N) is 1. The molecule has 0 spiro atoms. The summed E-state index contributed by atoms with van der Waals surface area (Å²) >= 11 is 0. The molecule has 0 saturated heterocycles. The van der Waals surface area contributed by atoms with E-state index in [1.54, 1.807) is 0 Å². The molecule has 19 heavy (non-hydrogen) atoms. The van der Waals surface area contributed by atoms with Crippen LogP contribution in [0.15, 0.2) is 24.3 Å². The van der Waals surface area contributed by atoms with Crippen LogP contribution in [0, 0.1) is 0 Å². The molecule has 0 atom stereocenters. The number of amides is 1. The molecule has 0 fully saturated rings. The third-order valence-electron chi connectivity index (χ3n) is 2.66. The maximum Gasteiger partial charge on any atom is 0.323 e. The Morgan fingerprint density at radius 2 is 1.89 bits per heavy atom. The number of ether oxygens (including phenoxy) is 1. The number of hydrogen-bond acceptors (Lipinski definition) is 3. The van der Waals surface area contributed by atoms with Crippen molar-refractivity contribution in [3.63, 3.8) is 0 Å². The summed E-state index contributed by atoms with van der Waals surface area (Å²) in [5.74, 6) is -0.367. The topological polar surface area (TPSA) is 66.8 Å².